The average molecular weight is 153 g/mol. The van der Waals surface area contributed by atoms with Crippen molar-refractivity contribution < 1.29 is 5.21 Å². The first-order valence-corrected chi connectivity index (χ1v) is 2.27. The van der Waals surface area contributed by atoms with Gasteiger partial charge in [-0.2, -0.15) is 0 Å². The third-order valence-electron chi connectivity index (χ3n) is 0.658. The molecular formula is C3H3N7O. The Kier molecular flexibility index (Phi) is 3.76. The van der Waals surface area contributed by atoms with Crippen LogP contribution in [-0.4, -0.2) is 11.0 Å². The maximum Gasteiger partial charge on any atom is 0.174 e. The standard InChI is InChI=1S/C3H3N7O/c1-2(6-9-4)3(8-11)7-10-5/h11H,1H2/b8-3-. The van der Waals surface area contributed by atoms with Crippen LogP contribution in [0.1, 0.15) is 0 Å². The average Bonchev–Trinajstić information content (AvgIpc) is 2.00. The minimum absolute atomic E-state index is 0.243. The van der Waals surface area contributed by atoms with Crippen molar-refractivity contribution in [1.29, 1.82) is 0 Å². The third kappa shape index (κ3) is 2.75. The van der Waals surface area contributed by atoms with Gasteiger partial charge < -0.3 is 5.21 Å². The molecule has 0 unspecified atom stereocenters. The van der Waals surface area contributed by atoms with Crippen LogP contribution < -0.4 is 0 Å². The van der Waals surface area contributed by atoms with E-state index in [0.29, 0.717) is 0 Å². The zero-order valence-electron chi connectivity index (χ0n) is 5.28. The quantitative estimate of drug-likeness (QED) is 0.121. The lowest BCUT2D eigenvalue weighted by Gasteiger charge is -1.89. The van der Waals surface area contributed by atoms with Crippen LogP contribution in [0.2, 0.25) is 0 Å². The highest BCUT2D eigenvalue weighted by Gasteiger charge is 1.98. The van der Waals surface area contributed by atoms with Crippen LogP contribution in [0, 0.1) is 0 Å². The second-order valence-electron chi connectivity index (χ2n) is 1.25. The van der Waals surface area contributed by atoms with Gasteiger partial charge in [0.25, 0.3) is 0 Å². The van der Waals surface area contributed by atoms with Crippen LogP contribution in [0.15, 0.2) is 27.7 Å². The Morgan fingerprint density at radius 1 is 1.27 bits per heavy atom. The summed E-state index contributed by atoms with van der Waals surface area (Å²) < 4.78 is 0. The van der Waals surface area contributed by atoms with E-state index in [2.05, 4.69) is 31.8 Å². The summed E-state index contributed by atoms with van der Waals surface area (Å²) in [6.07, 6.45) is 0. The van der Waals surface area contributed by atoms with Gasteiger partial charge >= 0.3 is 0 Å². The van der Waals surface area contributed by atoms with Crippen molar-refractivity contribution in [1.82, 2.24) is 0 Å². The Morgan fingerprint density at radius 2 is 1.82 bits per heavy atom. The first-order chi connectivity index (χ1) is 5.26. The summed E-state index contributed by atoms with van der Waals surface area (Å²) in [6.45, 7) is 3.16. The van der Waals surface area contributed by atoms with Crippen molar-refractivity contribution in [2.24, 2.45) is 15.4 Å². The second kappa shape index (κ2) is 4.68. The normalized spacial score (nSPS) is 9.27. The molecule has 0 aromatic rings. The molecule has 0 amide bonds. The van der Waals surface area contributed by atoms with Gasteiger partial charge in [0.1, 0.15) is 0 Å². The van der Waals surface area contributed by atoms with E-state index in [1.807, 2.05) is 0 Å². The number of nitrogens with zero attached hydrogens (tertiary/aromatic N) is 7. The van der Waals surface area contributed by atoms with Gasteiger partial charge in [0.2, 0.25) is 0 Å². The van der Waals surface area contributed by atoms with Crippen LogP contribution in [0.4, 0.5) is 0 Å². The molecule has 56 valence electrons. The van der Waals surface area contributed by atoms with Crippen molar-refractivity contribution >= 4 is 5.84 Å². The van der Waals surface area contributed by atoms with Gasteiger partial charge in [-0.1, -0.05) is 16.8 Å². The molecule has 0 aliphatic heterocycles. The summed E-state index contributed by atoms with van der Waals surface area (Å²) in [4.78, 5) is 4.64. The van der Waals surface area contributed by atoms with E-state index in [1.54, 1.807) is 0 Å². The van der Waals surface area contributed by atoms with E-state index < -0.39 is 5.84 Å². The fourth-order valence-corrected chi connectivity index (χ4v) is 0.276. The van der Waals surface area contributed by atoms with Gasteiger partial charge in [0, 0.05) is 9.82 Å². The van der Waals surface area contributed by atoms with Crippen LogP contribution in [0.5, 0.6) is 0 Å². The topological polar surface area (TPSA) is 130 Å². The summed E-state index contributed by atoms with van der Waals surface area (Å²) in [7, 11) is 0. The Balaban J connectivity index is 4.67. The molecule has 8 heteroatoms. The lowest BCUT2D eigenvalue weighted by atomic mass is 10.5. The molecule has 0 saturated carbocycles. The number of azide groups is 2. The van der Waals surface area contributed by atoms with Crippen LogP contribution in [0.3, 0.4) is 0 Å². The van der Waals surface area contributed by atoms with E-state index in [0.717, 1.165) is 0 Å². The highest BCUT2D eigenvalue weighted by Crippen LogP contribution is 1.98. The van der Waals surface area contributed by atoms with Crippen LogP contribution in [0.25, 0.3) is 20.9 Å². The van der Waals surface area contributed by atoms with E-state index in [9.17, 15) is 0 Å². The van der Waals surface area contributed by atoms with Gasteiger partial charge in [0.05, 0.1) is 5.70 Å². The molecule has 0 aromatic carbocycles. The second-order valence-corrected chi connectivity index (χ2v) is 1.25. The molecule has 0 aliphatic carbocycles. The molecule has 1 N–H and O–H groups in total. The van der Waals surface area contributed by atoms with Crippen molar-refractivity contribution in [3.63, 3.8) is 0 Å². The molecule has 0 spiro atoms. The Morgan fingerprint density at radius 3 is 2.18 bits per heavy atom. The van der Waals surface area contributed by atoms with Gasteiger partial charge in [-0.15, -0.1) is 0 Å². The molecule has 0 bridgehead atoms. The minimum Gasteiger partial charge on any atom is -0.410 e. The molecule has 8 nitrogen and oxygen atoms in total. The molecule has 11 heavy (non-hydrogen) atoms. The molecule has 0 saturated heterocycles. The number of hydrogen-bond donors (Lipinski definition) is 1. The minimum atomic E-state index is -0.453. The fraction of sp³-hybridized carbons (Fsp3) is 0. The highest BCUT2D eigenvalue weighted by atomic mass is 16.4. The zero-order valence-corrected chi connectivity index (χ0v) is 5.28. The molecule has 0 rings (SSSR count). The van der Waals surface area contributed by atoms with E-state index in [-0.39, 0.29) is 5.70 Å². The first kappa shape index (κ1) is 8.83. The van der Waals surface area contributed by atoms with Gasteiger partial charge in [-0.05, 0) is 16.2 Å². The predicted molar refractivity (Wildman–Crippen MR) is 36.7 cm³/mol. The van der Waals surface area contributed by atoms with Crippen LogP contribution in [-0.2, 0) is 0 Å². The Bertz CT molecular complexity index is 278. The molecule has 0 heterocycles. The van der Waals surface area contributed by atoms with Gasteiger partial charge in [0.15, 0.2) is 5.84 Å². The summed E-state index contributed by atoms with van der Waals surface area (Å²) in [5, 5.41) is 16.5. The molecular weight excluding hydrogens is 150 g/mol. The van der Waals surface area contributed by atoms with Crippen molar-refractivity contribution in [3.8, 4) is 0 Å². The highest BCUT2D eigenvalue weighted by molar-refractivity contribution is 5.97. The molecule has 0 aromatic heterocycles. The summed E-state index contributed by atoms with van der Waals surface area (Å²) in [6, 6.07) is 0. The van der Waals surface area contributed by atoms with Gasteiger partial charge in [-0.3, -0.25) is 0 Å². The van der Waals surface area contributed by atoms with Crippen LogP contribution >= 0.6 is 0 Å². The third-order valence-corrected chi connectivity index (χ3v) is 0.658. The lowest BCUT2D eigenvalue weighted by molar-refractivity contribution is 0.318. The first-order valence-electron chi connectivity index (χ1n) is 2.27. The fourth-order valence-electron chi connectivity index (χ4n) is 0.276. The largest absolute Gasteiger partial charge is 0.410 e. The number of hydrogen-bond acceptors (Lipinski definition) is 3. The summed E-state index contributed by atoms with van der Waals surface area (Å²) in [5.74, 6) is -0.453. The number of rotatable bonds is 2. The number of amidine groups is 1. The van der Waals surface area contributed by atoms with Crippen molar-refractivity contribution in [3.05, 3.63) is 33.2 Å². The Labute approximate surface area is 60.7 Å². The molecule has 0 atom stereocenters. The monoisotopic (exact) mass is 153 g/mol. The van der Waals surface area contributed by atoms with Crippen molar-refractivity contribution in [2.45, 2.75) is 0 Å². The predicted octanol–water partition coefficient (Wildman–Crippen LogP) is 1.91. The van der Waals surface area contributed by atoms with Gasteiger partial charge in [-0.25, -0.2) is 0 Å². The van der Waals surface area contributed by atoms with E-state index >= 15 is 0 Å². The Hall–Kier alpha value is -2.17. The maximum absolute atomic E-state index is 8.13. The van der Waals surface area contributed by atoms with Crippen molar-refractivity contribution in [2.75, 3.05) is 0 Å². The summed E-state index contributed by atoms with van der Waals surface area (Å²) in [5.41, 5.74) is 15.5. The lowest BCUT2D eigenvalue weighted by Crippen LogP contribution is -1.92. The molecule has 0 fully saturated rings. The smallest absolute Gasteiger partial charge is 0.174 e. The number of oxime groups is 1. The zero-order chi connectivity index (χ0) is 8.69. The molecule has 0 radical (unpaired) electrons. The SMILES string of the molecule is C=C(N=[N+]=[N-])/C(N=[N+]=[N-])=N/O. The molecule has 0 aliphatic rings. The maximum atomic E-state index is 8.13. The summed E-state index contributed by atoms with van der Waals surface area (Å²) >= 11 is 0. The van der Waals surface area contributed by atoms with E-state index in [4.69, 9.17) is 16.3 Å². The van der Waals surface area contributed by atoms with E-state index in [1.165, 1.54) is 0 Å².